The number of aromatic amines is 1. The van der Waals surface area contributed by atoms with Crippen molar-refractivity contribution in [2.45, 2.75) is 6.92 Å². The molecule has 0 atom stereocenters. The van der Waals surface area contributed by atoms with Gasteiger partial charge in [0.15, 0.2) is 0 Å². The summed E-state index contributed by atoms with van der Waals surface area (Å²) >= 11 is 1.57. The Bertz CT molecular complexity index is 582. The van der Waals surface area contributed by atoms with E-state index in [0.717, 1.165) is 5.69 Å². The van der Waals surface area contributed by atoms with Crippen LogP contribution in [0.3, 0.4) is 0 Å². The summed E-state index contributed by atoms with van der Waals surface area (Å²) < 4.78 is 5.59. The van der Waals surface area contributed by atoms with Gasteiger partial charge in [0, 0.05) is 32.0 Å². The molecular weight excluding hydrogens is 375 g/mol. The molecule has 0 saturated carbocycles. The molecule has 2 nitrogen and oxygen atoms in total. The molecule has 74 valence electrons. The molecule has 0 amide bonds. The summed E-state index contributed by atoms with van der Waals surface area (Å²) in [5.41, 5.74) is 3.48. The molecule has 0 aliphatic heterocycles. The quantitative estimate of drug-likeness (QED) is 0.635. The summed E-state index contributed by atoms with van der Waals surface area (Å²) in [5, 5.41) is 1.28. The van der Waals surface area contributed by atoms with Crippen LogP contribution in [0.15, 0.2) is 24.3 Å². The van der Waals surface area contributed by atoms with Crippen LogP contribution in [-0.2, 0) is 21.1 Å². The predicted molar refractivity (Wildman–Crippen MR) is 56.2 cm³/mol. The normalized spacial score (nSPS) is 10.6. The van der Waals surface area contributed by atoms with Gasteiger partial charge in [0.2, 0.25) is 0 Å². The number of aryl methyl sites for hydroxylation is 1. The third kappa shape index (κ3) is 1.23. The van der Waals surface area contributed by atoms with Gasteiger partial charge in [0.25, 0.3) is 0 Å². The molecule has 1 aromatic carbocycles. The van der Waals surface area contributed by atoms with Crippen molar-refractivity contribution in [2.75, 3.05) is 0 Å². The largest absolute Gasteiger partial charge is 0.352 e. The van der Waals surface area contributed by atoms with Crippen LogP contribution < -0.4 is 0 Å². The minimum atomic E-state index is 0. The topological polar surface area (TPSA) is 28.7 Å². The van der Waals surface area contributed by atoms with Crippen LogP contribution in [-0.4, -0.2) is 9.36 Å². The summed E-state index contributed by atoms with van der Waals surface area (Å²) in [5.74, 6) is 0. The molecule has 2 heterocycles. The molecule has 3 rings (SSSR count). The summed E-state index contributed by atoms with van der Waals surface area (Å²) in [4.78, 5) is 3.37. The molecule has 4 heteroatoms. The Kier molecular flexibility index (Phi) is 2.46. The van der Waals surface area contributed by atoms with Gasteiger partial charge in [-0.2, -0.15) is 4.37 Å². The van der Waals surface area contributed by atoms with Gasteiger partial charge in [-0.25, -0.2) is 0 Å². The number of para-hydroxylation sites is 1. The van der Waals surface area contributed by atoms with E-state index in [-0.39, 0.29) is 21.1 Å². The molecule has 0 bridgehead atoms. The van der Waals surface area contributed by atoms with Gasteiger partial charge in [0.05, 0.1) is 15.9 Å². The maximum atomic E-state index is 4.32. The first kappa shape index (κ1) is 9.88. The minimum absolute atomic E-state index is 0. The van der Waals surface area contributed by atoms with Crippen molar-refractivity contribution in [2.24, 2.45) is 0 Å². The summed E-state index contributed by atoms with van der Waals surface area (Å²) in [6, 6.07) is 8.34. The molecular formula is C10H8N2PtS. The van der Waals surface area contributed by atoms with Crippen LogP contribution >= 0.6 is 11.5 Å². The number of aromatic nitrogens is 2. The van der Waals surface area contributed by atoms with Crippen molar-refractivity contribution in [3.63, 3.8) is 0 Å². The van der Waals surface area contributed by atoms with E-state index in [1.807, 2.05) is 13.0 Å². The Labute approximate surface area is 99.8 Å². The zero-order valence-electron chi connectivity index (χ0n) is 7.48. The molecule has 3 aromatic rings. The van der Waals surface area contributed by atoms with Crippen LogP contribution in [0.1, 0.15) is 5.69 Å². The number of H-pyrrole nitrogens is 1. The Balaban J connectivity index is 0.000000750. The van der Waals surface area contributed by atoms with E-state index >= 15 is 0 Å². The second kappa shape index (κ2) is 3.48. The van der Waals surface area contributed by atoms with Crippen molar-refractivity contribution in [3.05, 3.63) is 30.0 Å². The number of hydrogen-bond acceptors (Lipinski definition) is 2. The molecule has 1 N–H and O–H groups in total. The van der Waals surface area contributed by atoms with Crippen LogP contribution in [0.5, 0.6) is 0 Å². The first-order chi connectivity index (χ1) is 6.36. The molecule has 0 spiro atoms. The van der Waals surface area contributed by atoms with E-state index in [9.17, 15) is 0 Å². The molecule has 0 aliphatic rings. The van der Waals surface area contributed by atoms with Crippen molar-refractivity contribution in [1.82, 2.24) is 9.36 Å². The summed E-state index contributed by atoms with van der Waals surface area (Å²) in [7, 11) is 0. The van der Waals surface area contributed by atoms with Crippen molar-refractivity contribution < 1.29 is 21.1 Å². The Morgan fingerprint density at radius 3 is 2.93 bits per heavy atom. The zero-order valence-corrected chi connectivity index (χ0v) is 10.6. The molecule has 0 aliphatic carbocycles. The van der Waals surface area contributed by atoms with Crippen LogP contribution in [0.2, 0.25) is 0 Å². The van der Waals surface area contributed by atoms with Crippen LogP contribution in [0.4, 0.5) is 0 Å². The van der Waals surface area contributed by atoms with Gasteiger partial charge in [0.1, 0.15) is 0 Å². The van der Waals surface area contributed by atoms with Crippen molar-refractivity contribution >= 4 is 32.7 Å². The number of nitrogens with one attached hydrogen (secondary N) is 1. The Morgan fingerprint density at radius 2 is 2.07 bits per heavy atom. The Morgan fingerprint density at radius 1 is 1.29 bits per heavy atom. The third-order valence-corrected chi connectivity index (χ3v) is 3.27. The predicted octanol–water partition coefficient (Wildman–Crippen LogP) is 3.08. The van der Waals surface area contributed by atoms with Gasteiger partial charge in [-0.15, -0.1) is 0 Å². The van der Waals surface area contributed by atoms with E-state index < -0.39 is 0 Å². The number of benzene rings is 1. The fraction of sp³-hybridized carbons (Fsp3) is 0.100. The number of nitrogens with zero attached hydrogens (tertiary/aromatic N) is 1. The molecule has 0 radical (unpaired) electrons. The van der Waals surface area contributed by atoms with Gasteiger partial charge in [-0.05, 0) is 24.5 Å². The minimum Gasteiger partial charge on any atom is -0.352 e. The van der Waals surface area contributed by atoms with Gasteiger partial charge in [-0.1, -0.05) is 18.2 Å². The molecule has 0 unspecified atom stereocenters. The maximum Gasteiger partial charge on any atom is 0.0809 e. The zero-order chi connectivity index (χ0) is 8.84. The van der Waals surface area contributed by atoms with E-state index in [1.54, 1.807) is 11.5 Å². The van der Waals surface area contributed by atoms with Crippen molar-refractivity contribution in [1.29, 1.82) is 0 Å². The van der Waals surface area contributed by atoms with E-state index in [4.69, 9.17) is 0 Å². The number of hydrogen-bond donors (Lipinski definition) is 1. The standard InChI is InChI=1S/C10H8N2S.Pt/c1-6-9-10(13-12-6)7-4-2-3-5-8(7)11-9;/h2-5,11H,1H3;. The van der Waals surface area contributed by atoms with E-state index in [0.29, 0.717) is 0 Å². The molecule has 14 heavy (non-hydrogen) atoms. The average Bonchev–Trinajstić information content (AvgIpc) is 2.67. The van der Waals surface area contributed by atoms with Gasteiger partial charge < -0.3 is 4.98 Å². The second-order valence-electron chi connectivity index (χ2n) is 3.14. The first-order valence-corrected chi connectivity index (χ1v) is 4.96. The molecule has 0 saturated heterocycles. The first-order valence-electron chi connectivity index (χ1n) is 4.19. The summed E-state index contributed by atoms with van der Waals surface area (Å²) in [6.07, 6.45) is 0. The van der Waals surface area contributed by atoms with Gasteiger partial charge in [-0.3, -0.25) is 0 Å². The van der Waals surface area contributed by atoms with E-state index in [1.165, 1.54) is 21.1 Å². The van der Waals surface area contributed by atoms with E-state index in [2.05, 4.69) is 27.6 Å². The van der Waals surface area contributed by atoms with Crippen LogP contribution in [0, 0.1) is 6.92 Å². The average molecular weight is 383 g/mol. The summed E-state index contributed by atoms with van der Waals surface area (Å²) in [6.45, 7) is 2.04. The smallest absolute Gasteiger partial charge is 0.0809 e. The monoisotopic (exact) mass is 383 g/mol. The van der Waals surface area contributed by atoms with Crippen molar-refractivity contribution in [3.8, 4) is 0 Å². The fourth-order valence-electron chi connectivity index (χ4n) is 1.63. The second-order valence-corrected chi connectivity index (χ2v) is 3.92. The Hall–Kier alpha value is -0.662. The SMILES string of the molecule is Cc1nsc2c1[nH]c1ccccc12.[Pt]. The third-order valence-electron chi connectivity index (χ3n) is 2.29. The van der Waals surface area contributed by atoms with Gasteiger partial charge >= 0.3 is 0 Å². The maximum absolute atomic E-state index is 4.32. The number of fused-ring (bicyclic) bond motifs is 3. The fourth-order valence-corrected chi connectivity index (χ4v) is 2.51. The molecule has 0 fully saturated rings. The van der Waals surface area contributed by atoms with Crippen LogP contribution in [0.25, 0.3) is 21.1 Å². The molecule has 2 aromatic heterocycles. The number of rotatable bonds is 0.